The van der Waals surface area contributed by atoms with E-state index in [1.54, 1.807) is 0 Å². The first-order valence-corrected chi connectivity index (χ1v) is 8.53. The van der Waals surface area contributed by atoms with E-state index in [-0.39, 0.29) is 5.84 Å². The quantitative estimate of drug-likeness (QED) is 0.436. The van der Waals surface area contributed by atoms with Crippen molar-refractivity contribution in [3.63, 3.8) is 0 Å². The van der Waals surface area contributed by atoms with Crippen molar-refractivity contribution in [2.45, 2.75) is 63.8 Å². The molecular formula is C12H26N4O2S. The number of nitrogens with two attached hydrogens (primary N) is 1. The van der Waals surface area contributed by atoms with Gasteiger partial charge in [0.1, 0.15) is 5.84 Å². The summed E-state index contributed by atoms with van der Waals surface area (Å²) in [5, 5.41) is 7.79. The maximum atomic E-state index is 12.0. The van der Waals surface area contributed by atoms with E-state index in [0.717, 1.165) is 32.1 Å². The molecule has 1 rings (SSSR count). The van der Waals surface area contributed by atoms with E-state index in [2.05, 4.69) is 9.44 Å². The first-order valence-electron chi connectivity index (χ1n) is 7.05. The molecule has 0 aliphatic heterocycles. The number of hydrogen-bond donors (Lipinski definition) is 4. The zero-order chi connectivity index (χ0) is 14.4. The maximum Gasteiger partial charge on any atom is 0.277 e. The number of rotatable bonds is 6. The van der Waals surface area contributed by atoms with E-state index < -0.39 is 15.7 Å². The molecule has 6 nitrogen and oxygen atoms in total. The summed E-state index contributed by atoms with van der Waals surface area (Å²) in [6.45, 7) is 2.29. The van der Waals surface area contributed by atoms with Gasteiger partial charge in [-0.3, -0.25) is 5.41 Å². The largest absolute Gasteiger partial charge is 0.386 e. The Morgan fingerprint density at radius 1 is 1.21 bits per heavy atom. The van der Waals surface area contributed by atoms with Gasteiger partial charge in [0.2, 0.25) is 0 Å². The molecule has 19 heavy (non-hydrogen) atoms. The lowest BCUT2D eigenvalue weighted by Crippen LogP contribution is -2.59. The summed E-state index contributed by atoms with van der Waals surface area (Å²) in [7, 11) is -3.60. The van der Waals surface area contributed by atoms with Crippen molar-refractivity contribution in [1.82, 2.24) is 9.44 Å². The molecule has 0 heterocycles. The molecule has 0 aromatic carbocycles. The number of amidine groups is 1. The fraction of sp³-hybridized carbons (Fsp3) is 0.917. The Balaban J connectivity index is 2.82. The third-order valence-corrected chi connectivity index (χ3v) is 4.84. The van der Waals surface area contributed by atoms with Crippen LogP contribution in [0.15, 0.2) is 0 Å². The van der Waals surface area contributed by atoms with Crippen molar-refractivity contribution in [2.75, 3.05) is 6.54 Å². The highest BCUT2D eigenvalue weighted by Crippen LogP contribution is 2.26. The third-order valence-electron chi connectivity index (χ3n) is 3.59. The summed E-state index contributed by atoms with van der Waals surface area (Å²) in [4.78, 5) is 0. The van der Waals surface area contributed by atoms with Crippen molar-refractivity contribution in [3.8, 4) is 0 Å². The van der Waals surface area contributed by atoms with Crippen LogP contribution in [0.1, 0.15) is 58.3 Å². The Labute approximate surface area is 116 Å². The second-order valence-electron chi connectivity index (χ2n) is 5.26. The minimum atomic E-state index is -3.60. The predicted octanol–water partition coefficient (Wildman–Crippen LogP) is 1.24. The fourth-order valence-corrected chi connectivity index (χ4v) is 3.84. The van der Waals surface area contributed by atoms with Gasteiger partial charge in [-0.15, -0.1) is 0 Å². The second kappa shape index (κ2) is 7.21. The van der Waals surface area contributed by atoms with Crippen LogP contribution in [0.25, 0.3) is 0 Å². The monoisotopic (exact) mass is 290 g/mol. The maximum absolute atomic E-state index is 12.0. The normalized spacial score (nSPS) is 20.5. The van der Waals surface area contributed by atoms with Gasteiger partial charge in [-0.25, -0.2) is 4.72 Å². The lowest BCUT2D eigenvalue weighted by molar-refractivity contribution is 0.365. The van der Waals surface area contributed by atoms with Crippen LogP contribution < -0.4 is 15.2 Å². The highest BCUT2D eigenvalue weighted by molar-refractivity contribution is 7.87. The molecule has 5 N–H and O–H groups in total. The van der Waals surface area contributed by atoms with Crippen molar-refractivity contribution in [3.05, 3.63) is 0 Å². The number of hydrogen-bond acceptors (Lipinski definition) is 3. The second-order valence-corrected chi connectivity index (χ2v) is 6.76. The van der Waals surface area contributed by atoms with Gasteiger partial charge in [-0.05, 0) is 19.3 Å². The van der Waals surface area contributed by atoms with Gasteiger partial charge < -0.3 is 5.73 Å². The van der Waals surface area contributed by atoms with Gasteiger partial charge in [-0.2, -0.15) is 13.1 Å². The summed E-state index contributed by atoms with van der Waals surface area (Å²) in [5.74, 6) is -0.0729. The van der Waals surface area contributed by atoms with Crippen LogP contribution in [0.2, 0.25) is 0 Å². The summed E-state index contributed by atoms with van der Waals surface area (Å²) in [6, 6.07) is 0. The topological polar surface area (TPSA) is 108 Å². The standard InChI is InChI=1S/C12H26N4O2S/c1-2-10-15-19(17,18)16-12(11(13)14)8-6-4-3-5-7-9-12/h15-16H,2-10H2,1H3,(H3,13,14). The summed E-state index contributed by atoms with van der Waals surface area (Å²) in [5.41, 5.74) is 4.78. The minimum Gasteiger partial charge on any atom is -0.386 e. The molecule has 0 radical (unpaired) electrons. The van der Waals surface area contributed by atoms with Crippen LogP contribution in [-0.4, -0.2) is 26.3 Å². The van der Waals surface area contributed by atoms with Crippen LogP contribution in [-0.2, 0) is 10.2 Å². The first kappa shape index (κ1) is 16.4. The molecule has 1 aliphatic carbocycles. The van der Waals surface area contributed by atoms with Crippen LogP contribution in [0.4, 0.5) is 0 Å². The SMILES string of the molecule is CCCNS(=O)(=O)NC1(C(=N)N)CCCCCCC1. The molecular weight excluding hydrogens is 264 g/mol. The highest BCUT2D eigenvalue weighted by atomic mass is 32.2. The zero-order valence-corrected chi connectivity index (χ0v) is 12.5. The van der Waals surface area contributed by atoms with Gasteiger partial charge in [0.25, 0.3) is 10.2 Å². The molecule has 112 valence electrons. The van der Waals surface area contributed by atoms with Crippen molar-refractivity contribution >= 4 is 16.0 Å². The lowest BCUT2D eigenvalue weighted by atomic mass is 9.84. The molecule has 0 atom stereocenters. The molecule has 0 unspecified atom stereocenters. The average molecular weight is 290 g/mol. The Morgan fingerprint density at radius 3 is 2.21 bits per heavy atom. The molecule has 0 amide bonds. The summed E-state index contributed by atoms with van der Waals surface area (Å²) < 4.78 is 29.1. The molecule has 1 aliphatic rings. The molecule has 1 saturated carbocycles. The fourth-order valence-electron chi connectivity index (χ4n) is 2.46. The first-order chi connectivity index (χ1) is 8.92. The molecule has 0 saturated heterocycles. The smallest absolute Gasteiger partial charge is 0.277 e. The molecule has 0 bridgehead atoms. The Morgan fingerprint density at radius 2 is 1.74 bits per heavy atom. The van der Waals surface area contributed by atoms with E-state index in [0.29, 0.717) is 19.4 Å². The minimum absolute atomic E-state index is 0.0729. The summed E-state index contributed by atoms with van der Waals surface area (Å²) >= 11 is 0. The van der Waals surface area contributed by atoms with Crippen molar-refractivity contribution in [1.29, 1.82) is 5.41 Å². The van der Waals surface area contributed by atoms with Crippen LogP contribution in [0.5, 0.6) is 0 Å². The van der Waals surface area contributed by atoms with Crippen molar-refractivity contribution in [2.24, 2.45) is 5.73 Å². The van der Waals surface area contributed by atoms with Gasteiger partial charge >= 0.3 is 0 Å². The highest BCUT2D eigenvalue weighted by Gasteiger charge is 2.37. The molecule has 0 aromatic heterocycles. The van der Waals surface area contributed by atoms with Gasteiger partial charge in [0, 0.05) is 6.54 Å². The van der Waals surface area contributed by atoms with Gasteiger partial charge in [-0.1, -0.05) is 39.0 Å². The van der Waals surface area contributed by atoms with E-state index in [9.17, 15) is 8.42 Å². The molecule has 1 fully saturated rings. The Bertz CT molecular complexity index is 387. The van der Waals surface area contributed by atoms with Gasteiger partial charge in [0.15, 0.2) is 0 Å². The molecule has 7 heteroatoms. The van der Waals surface area contributed by atoms with Gasteiger partial charge in [0.05, 0.1) is 5.54 Å². The van der Waals surface area contributed by atoms with E-state index in [1.165, 1.54) is 6.42 Å². The molecule has 0 spiro atoms. The van der Waals surface area contributed by atoms with E-state index >= 15 is 0 Å². The van der Waals surface area contributed by atoms with Crippen LogP contribution in [0.3, 0.4) is 0 Å². The third kappa shape index (κ3) is 5.08. The Hall–Kier alpha value is -0.660. The summed E-state index contributed by atoms with van der Waals surface area (Å²) in [6.07, 6.45) is 7.05. The zero-order valence-electron chi connectivity index (χ0n) is 11.7. The van der Waals surface area contributed by atoms with Crippen molar-refractivity contribution < 1.29 is 8.42 Å². The van der Waals surface area contributed by atoms with E-state index in [1.807, 2.05) is 6.92 Å². The molecule has 0 aromatic rings. The predicted molar refractivity (Wildman–Crippen MR) is 77.3 cm³/mol. The average Bonchev–Trinajstić information content (AvgIpc) is 2.30. The van der Waals surface area contributed by atoms with E-state index in [4.69, 9.17) is 11.1 Å². The van der Waals surface area contributed by atoms with Crippen LogP contribution in [0, 0.1) is 5.41 Å². The number of nitrogens with one attached hydrogen (secondary N) is 3. The van der Waals surface area contributed by atoms with Crippen LogP contribution >= 0.6 is 0 Å². The Kier molecular flexibility index (Phi) is 6.22. The lowest BCUT2D eigenvalue weighted by Gasteiger charge is -2.34.